The maximum atomic E-state index is 12.2. The summed E-state index contributed by atoms with van der Waals surface area (Å²) in [7, 11) is 0. The highest BCUT2D eigenvalue weighted by molar-refractivity contribution is 5.33. The fraction of sp³-hybridized carbons (Fsp3) is 0.500. The van der Waals surface area contributed by atoms with Crippen molar-refractivity contribution in [2.75, 3.05) is 0 Å². The average Bonchev–Trinajstić information content (AvgIpc) is 1.94. The molecule has 0 unspecified atom stereocenters. The van der Waals surface area contributed by atoms with Gasteiger partial charge in [-0.3, -0.25) is 0 Å². The van der Waals surface area contributed by atoms with Crippen LogP contribution in [-0.4, -0.2) is 6.43 Å². The first-order valence-electron chi connectivity index (χ1n) is 3.55. The maximum Gasteiger partial charge on any atom is 0.263 e. The Labute approximate surface area is 64.6 Å². The molecule has 0 saturated heterocycles. The van der Waals surface area contributed by atoms with E-state index in [2.05, 4.69) is 0 Å². The summed E-state index contributed by atoms with van der Waals surface area (Å²) in [6.07, 6.45) is 0.391. The Balaban J connectivity index is 2.89. The van der Waals surface area contributed by atoms with Gasteiger partial charge in [-0.1, -0.05) is 5.57 Å². The second kappa shape index (κ2) is 3.03. The third-order valence-corrected chi connectivity index (χ3v) is 1.86. The molecule has 62 valence electrons. The van der Waals surface area contributed by atoms with Crippen LogP contribution in [0, 0.1) is 0 Å². The van der Waals surface area contributed by atoms with Gasteiger partial charge in [0, 0.05) is 11.3 Å². The molecule has 0 aromatic heterocycles. The zero-order chi connectivity index (χ0) is 8.43. The van der Waals surface area contributed by atoms with E-state index in [9.17, 15) is 8.78 Å². The zero-order valence-corrected chi connectivity index (χ0v) is 6.40. The van der Waals surface area contributed by atoms with E-state index < -0.39 is 6.43 Å². The topological polar surface area (TPSA) is 26.0 Å². The Bertz CT molecular complexity index is 216. The van der Waals surface area contributed by atoms with E-state index in [1.807, 2.05) is 0 Å². The number of alkyl halides is 2. The van der Waals surface area contributed by atoms with Crippen molar-refractivity contribution >= 4 is 0 Å². The predicted octanol–water partition coefficient (Wildman–Crippen LogP) is 2.20. The van der Waals surface area contributed by atoms with Crippen LogP contribution in [0.4, 0.5) is 8.78 Å². The molecular formula is C8H11F2N. The summed E-state index contributed by atoms with van der Waals surface area (Å²) in [5.74, 6) is 0. The highest BCUT2D eigenvalue weighted by Crippen LogP contribution is 2.25. The van der Waals surface area contributed by atoms with Gasteiger partial charge >= 0.3 is 0 Å². The van der Waals surface area contributed by atoms with E-state index >= 15 is 0 Å². The molecule has 1 nitrogen and oxygen atoms in total. The predicted molar refractivity (Wildman–Crippen MR) is 40.2 cm³/mol. The van der Waals surface area contributed by atoms with E-state index in [4.69, 9.17) is 5.73 Å². The standard InChI is InChI=1S/C8H11F2N/c1-5-2-3-6(11)4-7(5)8(9)10/h4,8H,2-3,11H2,1H3. The normalized spacial score (nSPS) is 19.1. The SMILES string of the molecule is CC1=C(C(F)F)C=C(N)CC1. The molecule has 0 spiro atoms. The first kappa shape index (κ1) is 8.24. The number of rotatable bonds is 1. The van der Waals surface area contributed by atoms with Gasteiger partial charge in [-0.05, 0) is 25.8 Å². The lowest BCUT2D eigenvalue weighted by atomic mass is 9.97. The van der Waals surface area contributed by atoms with Crippen LogP contribution in [0.3, 0.4) is 0 Å². The lowest BCUT2D eigenvalue weighted by Gasteiger charge is -2.14. The van der Waals surface area contributed by atoms with Crippen molar-refractivity contribution in [2.45, 2.75) is 26.2 Å². The molecule has 1 rings (SSSR count). The number of allylic oxidation sites excluding steroid dienone is 4. The van der Waals surface area contributed by atoms with Crippen molar-refractivity contribution in [1.82, 2.24) is 0 Å². The van der Waals surface area contributed by atoms with Crippen molar-refractivity contribution in [3.63, 3.8) is 0 Å². The number of hydrogen-bond donors (Lipinski definition) is 1. The van der Waals surface area contributed by atoms with E-state index in [0.29, 0.717) is 18.5 Å². The maximum absolute atomic E-state index is 12.2. The summed E-state index contributed by atoms with van der Waals surface area (Å²) >= 11 is 0. The van der Waals surface area contributed by atoms with Crippen LogP contribution in [-0.2, 0) is 0 Å². The van der Waals surface area contributed by atoms with Crippen LogP contribution in [0.15, 0.2) is 22.9 Å². The number of halogens is 2. The van der Waals surface area contributed by atoms with E-state index in [0.717, 1.165) is 5.57 Å². The molecular weight excluding hydrogens is 148 g/mol. The van der Waals surface area contributed by atoms with Crippen LogP contribution in [0.5, 0.6) is 0 Å². The molecule has 1 aliphatic carbocycles. The summed E-state index contributed by atoms with van der Waals surface area (Å²) in [4.78, 5) is 0. The first-order chi connectivity index (χ1) is 5.11. The minimum atomic E-state index is -2.38. The van der Waals surface area contributed by atoms with Crippen LogP contribution >= 0.6 is 0 Å². The number of nitrogens with two attached hydrogens (primary N) is 1. The smallest absolute Gasteiger partial charge is 0.263 e. The average molecular weight is 159 g/mol. The van der Waals surface area contributed by atoms with E-state index in [1.165, 1.54) is 6.08 Å². The lowest BCUT2D eigenvalue weighted by molar-refractivity contribution is 0.192. The van der Waals surface area contributed by atoms with Crippen LogP contribution < -0.4 is 5.73 Å². The van der Waals surface area contributed by atoms with Gasteiger partial charge in [0.25, 0.3) is 6.43 Å². The molecule has 0 aromatic rings. The van der Waals surface area contributed by atoms with Gasteiger partial charge in [0.2, 0.25) is 0 Å². The minimum Gasteiger partial charge on any atom is -0.402 e. The first-order valence-corrected chi connectivity index (χ1v) is 3.55. The molecule has 0 radical (unpaired) electrons. The van der Waals surface area contributed by atoms with Gasteiger partial charge in [0.1, 0.15) is 0 Å². The van der Waals surface area contributed by atoms with Gasteiger partial charge < -0.3 is 5.73 Å². The zero-order valence-electron chi connectivity index (χ0n) is 6.40. The fourth-order valence-electron chi connectivity index (χ4n) is 1.12. The van der Waals surface area contributed by atoms with Crippen molar-refractivity contribution in [2.24, 2.45) is 5.73 Å². The molecule has 0 fully saturated rings. The third kappa shape index (κ3) is 1.79. The van der Waals surface area contributed by atoms with Crippen LogP contribution in [0.25, 0.3) is 0 Å². The van der Waals surface area contributed by atoms with Crippen molar-refractivity contribution < 1.29 is 8.78 Å². The molecule has 11 heavy (non-hydrogen) atoms. The summed E-state index contributed by atoms with van der Waals surface area (Å²) in [5, 5.41) is 0. The highest BCUT2D eigenvalue weighted by atomic mass is 19.3. The molecule has 0 atom stereocenters. The summed E-state index contributed by atoms with van der Waals surface area (Å²) in [6, 6.07) is 0. The summed E-state index contributed by atoms with van der Waals surface area (Å²) < 4.78 is 24.4. The van der Waals surface area contributed by atoms with Crippen LogP contribution in [0.1, 0.15) is 19.8 Å². The molecule has 1 aliphatic rings. The van der Waals surface area contributed by atoms with Crippen LogP contribution in [0.2, 0.25) is 0 Å². The Morgan fingerprint density at radius 2 is 2.09 bits per heavy atom. The molecule has 0 amide bonds. The molecule has 0 saturated carbocycles. The fourth-order valence-corrected chi connectivity index (χ4v) is 1.12. The van der Waals surface area contributed by atoms with E-state index in [-0.39, 0.29) is 5.57 Å². The molecule has 3 heteroatoms. The van der Waals surface area contributed by atoms with Gasteiger partial charge in [-0.25, -0.2) is 8.78 Å². The lowest BCUT2D eigenvalue weighted by Crippen LogP contribution is -2.08. The largest absolute Gasteiger partial charge is 0.402 e. The van der Waals surface area contributed by atoms with Gasteiger partial charge in [0.05, 0.1) is 0 Å². The van der Waals surface area contributed by atoms with E-state index in [1.54, 1.807) is 6.92 Å². The van der Waals surface area contributed by atoms with Crippen molar-refractivity contribution in [1.29, 1.82) is 0 Å². The minimum absolute atomic E-state index is 0.105. The summed E-state index contributed by atoms with van der Waals surface area (Å²) in [5.41, 5.74) is 6.84. The van der Waals surface area contributed by atoms with Crippen molar-refractivity contribution in [3.8, 4) is 0 Å². The molecule has 0 aliphatic heterocycles. The molecule has 0 bridgehead atoms. The summed E-state index contributed by atoms with van der Waals surface area (Å²) in [6.45, 7) is 1.73. The molecule has 2 N–H and O–H groups in total. The Kier molecular flexibility index (Phi) is 2.27. The Morgan fingerprint density at radius 3 is 2.55 bits per heavy atom. The third-order valence-electron chi connectivity index (χ3n) is 1.86. The second-order valence-corrected chi connectivity index (χ2v) is 2.76. The number of hydrogen-bond acceptors (Lipinski definition) is 1. The van der Waals surface area contributed by atoms with Gasteiger partial charge in [-0.2, -0.15) is 0 Å². The monoisotopic (exact) mass is 159 g/mol. The Morgan fingerprint density at radius 1 is 1.45 bits per heavy atom. The molecule has 0 heterocycles. The Hall–Kier alpha value is -0.860. The second-order valence-electron chi connectivity index (χ2n) is 2.76. The van der Waals surface area contributed by atoms with Crippen molar-refractivity contribution in [3.05, 3.63) is 22.9 Å². The molecule has 0 aromatic carbocycles. The quantitative estimate of drug-likeness (QED) is 0.623. The highest BCUT2D eigenvalue weighted by Gasteiger charge is 2.15. The van der Waals surface area contributed by atoms with Gasteiger partial charge in [-0.15, -0.1) is 0 Å². The van der Waals surface area contributed by atoms with Gasteiger partial charge in [0.15, 0.2) is 0 Å².